The van der Waals surface area contributed by atoms with E-state index in [1.165, 1.54) is 13.0 Å². The first-order valence-electron chi connectivity index (χ1n) is 9.80. The Labute approximate surface area is 177 Å². The third-order valence-corrected chi connectivity index (χ3v) is 5.09. The lowest BCUT2D eigenvalue weighted by atomic mass is 10.1. The Morgan fingerprint density at radius 1 is 1.10 bits per heavy atom. The third-order valence-electron chi connectivity index (χ3n) is 5.09. The summed E-state index contributed by atoms with van der Waals surface area (Å²) in [6.45, 7) is 4.38. The van der Waals surface area contributed by atoms with Gasteiger partial charge < -0.3 is 24.8 Å². The maximum atomic E-state index is 12.6. The fourth-order valence-corrected chi connectivity index (χ4v) is 3.57. The minimum atomic E-state index is -1.06. The molecule has 1 unspecified atom stereocenters. The van der Waals surface area contributed by atoms with Crippen LogP contribution in [0.4, 0.5) is 5.69 Å². The van der Waals surface area contributed by atoms with E-state index in [0.717, 1.165) is 34.6 Å². The highest BCUT2D eigenvalue weighted by Gasteiger charge is 2.22. The Morgan fingerprint density at radius 2 is 1.84 bits per heavy atom. The molecular weight excluding hydrogens is 398 g/mol. The molecule has 8 nitrogen and oxygen atoms in total. The third kappa shape index (κ3) is 3.75. The van der Waals surface area contributed by atoms with Crippen molar-refractivity contribution in [2.75, 3.05) is 5.32 Å². The largest absolute Gasteiger partial charge is 0.458 e. The summed E-state index contributed by atoms with van der Waals surface area (Å²) in [7, 11) is 0. The molecule has 8 heteroatoms. The summed E-state index contributed by atoms with van der Waals surface area (Å²) >= 11 is 0. The van der Waals surface area contributed by atoms with E-state index in [9.17, 15) is 14.4 Å². The van der Waals surface area contributed by atoms with Crippen molar-refractivity contribution >= 4 is 45.3 Å². The standard InChI is InChI=1S/C23H21N3O5/c1-3-26-18-7-5-4-6-16(18)17-11-15(8-9-19(17)26)25-22(28)13(2)31-23(29)14-10-20(21(24)27)30-12-14/h4-13H,3H2,1-2H3,(H2,24,27)(H,25,28). The van der Waals surface area contributed by atoms with Crippen molar-refractivity contribution in [1.82, 2.24) is 4.57 Å². The van der Waals surface area contributed by atoms with E-state index in [4.69, 9.17) is 14.9 Å². The molecule has 0 bridgehead atoms. The first kappa shape index (κ1) is 20.2. The number of primary amides is 1. The molecule has 0 aliphatic carbocycles. The predicted octanol–water partition coefficient (Wildman–Crippen LogP) is 3.69. The number of fused-ring (bicyclic) bond motifs is 3. The zero-order valence-electron chi connectivity index (χ0n) is 17.0. The van der Waals surface area contributed by atoms with Gasteiger partial charge in [0.05, 0.1) is 5.56 Å². The molecule has 0 radical (unpaired) electrons. The molecule has 2 amide bonds. The summed E-state index contributed by atoms with van der Waals surface area (Å²) in [4.78, 5) is 35.8. The number of aromatic nitrogens is 1. The Hall–Kier alpha value is -4.07. The van der Waals surface area contributed by atoms with Gasteiger partial charge in [0, 0.05) is 40.1 Å². The van der Waals surface area contributed by atoms with Crippen LogP contribution >= 0.6 is 0 Å². The van der Waals surface area contributed by atoms with Crippen molar-refractivity contribution in [2.24, 2.45) is 5.73 Å². The van der Waals surface area contributed by atoms with E-state index in [1.54, 1.807) is 0 Å². The lowest BCUT2D eigenvalue weighted by molar-refractivity contribution is -0.123. The number of ether oxygens (including phenoxy) is 1. The number of aryl methyl sites for hydroxylation is 1. The summed E-state index contributed by atoms with van der Waals surface area (Å²) in [6.07, 6.45) is -0.00287. The molecule has 0 saturated carbocycles. The van der Waals surface area contributed by atoms with Crippen molar-refractivity contribution in [3.8, 4) is 0 Å². The maximum Gasteiger partial charge on any atom is 0.342 e. The highest BCUT2D eigenvalue weighted by Crippen LogP contribution is 2.31. The molecule has 0 fully saturated rings. The Morgan fingerprint density at radius 3 is 2.55 bits per heavy atom. The van der Waals surface area contributed by atoms with Gasteiger partial charge in [0.15, 0.2) is 11.9 Å². The molecule has 4 aromatic rings. The Balaban J connectivity index is 1.51. The number of benzene rings is 2. The molecule has 0 saturated heterocycles. The number of anilines is 1. The van der Waals surface area contributed by atoms with Crippen LogP contribution in [0.3, 0.4) is 0 Å². The van der Waals surface area contributed by atoms with E-state index < -0.39 is 23.9 Å². The number of carbonyl (C=O) groups is 3. The first-order valence-corrected chi connectivity index (χ1v) is 9.80. The minimum Gasteiger partial charge on any atom is -0.458 e. The van der Waals surface area contributed by atoms with Crippen molar-refractivity contribution in [1.29, 1.82) is 0 Å². The summed E-state index contributed by atoms with van der Waals surface area (Å²) in [6, 6.07) is 14.9. The number of nitrogens with zero attached hydrogens (tertiary/aromatic N) is 1. The second-order valence-electron chi connectivity index (χ2n) is 7.09. The van der Waals surface area contributed by atoms with E-state index in [-0.39, 0.29) is 11.3 Å². The average molecular weight is 419 g/mol. The fourth-order valence-electron chi connectivity index (χ4n) is 3.57. The van der Waals surface area contributed by atoms with Gasteiger partial charge in [-0.1, -0.05) is 18.2 Å². The van der Waals surface area contributed by atoms with Gasteiger partial charge in [-0.2, -0.15) is 0 Å². The van der Waals surface area contributed by atoms with Crippen LogP contribution in [0.2, 0.25) is 0 Å². The molecule has 31 heavy (non-hydrogen) atoms. The fraction of sp³-hybridized carbons (Fsp3) is 0.174. The lowest BCUT2D eigenvalue weighted by Gasteiger charge is -2.13. The van der Waals surface area contributed by atoms with Gasteiger partial charge in [0.25, 0.3) is 11.8 Å². The van der Waals surface area contributed by atoms with Crippen molar-refractivity contribution in [3.05, 3.63) is 66.1 Å². The molecular formula is C23H21N3O5. The van der Waals surface area contributed by atoms with Crippen LogP contribution in [0.1, 0.15) is 34.8 Å². The van der Waals surface area contributed by atoms with E-state index >= 15 is 0 Å². The Kier molecular flexibility index (Phi) is 5.21. The predicted molar refractivity (Wildman–Crippen MR) is 116 cm³/mol. The normalized spacial score (nSPS) is 12.1. The molecule has 2 heterocycles. The lowest BCUT2D eigenvalue weighted by Crippen LogP contribution is -2.29. The van der Waals surface area contributed by atoms with Crippen LogP contribution < -0.4 is 11.1 Å². The molecule has 2 aromatic carbocycles. The minimum absolute atomic E-state index is 0.00208. The highest BCUT2D eigenvalue weighted by molar-refractivity contribution is 6.10. The molecule has 4 rings (SSSR count). The van der Waals surface area contributed by atoms with Crippen LogP contribution in [0, 0.1) is 0 Å². The summed E-state index contributed by atoms with van der Waals surface area (Å²) < 4.78 is 12.3. The van der Waals surface area contributed by atoms with Crippen molar-refractivity contribution in [3.63, 3.8) is 0 Å². The number of hydrogen-bond donors (Lipinski definition) is 2. The smallest absolute Gasteiger partial charge is 0.342 e. The van der Waals surface area contributed by atoms with Crippen LogP contribution in [0.25, 0.3) is 21.8 Å². The molecule has 2 aromatic heterocycles. The number of rotatable bonds is 6. The molecule has 0 spiro atoms. The molecule has 1 atom stereocenters. The van der Waals surface area contributed by atoms with Crippen LogP contribution in [0.15, 0.2) is 59.2 Å². The molecule has 0 aliphatic heterocycles. The van der Waals surface area contributed by atoms with E-state index in [2.05, 4.69) is 22.9 Å². The number of furan rings is 1. The van der Waals surface area contributed by atoms with Crippen LogP contribution in [0.5, 0.6) is 0 Å². The monoisotopic (exact) mass is 419 g/mol. The maximum absolute atomic E-state index is 12.6. The van der Waals surface area contributed by atoms with E-state index in [0.29, 0.717) is 5.69 Å². The zero-order chi connectivity index (χ0) is 22.1. The van der Waals surface area contributed by atoms with Gasteiger partial charge in [0.2, 0.25) is 0 Å². The van der Waals surface area contributed by atoms with Crippen molar-refractivity contribution in [2.45, 2.75) is 26.5 Å². The van der Waals surface area contributed by atoms with Gasteiger partial charge in [0.1, 0.15) is 6.26 Å². The topological polar surface area (TPSA) is 117 Å². The molecule has 3 N–H and O–H groups in total. The zero-order valence-corrected chi connectivity index (χ0v) is 17.0. The quantitative estimate of drug-likeness (QED) is 0.462. The van der Waals surface area contributed by atoms with Crippen LogP contribution in [-0.4, -0.2) is 28.5 Å². The van der Waals surface area contributed by atoms with Crippen LogP contribution in [-0.2, 0) is 16.1 Å². The Bertz CT molecular complexity index is 1320. The second kappa shape index (κ2) is 7.98. The number of carbonyl (C=O) groups excluding carboxylic acids is 3. The van der Waals surface area contributed by atoms with Gasteiger partial charge in [-0.25, -0.2) is 4.79 Å². The summed E-state index contributed by atoms with van der Waals surface area (Å²) in [5.74, 6) is -2.24. The van der Waals surface area contributed by atoms with Gasteiger partial charge >= 0.3 is 5.97 Å². The number of nitrogens with two attached hydrogens (primary N) is 1. The summed E-state index contributed by atoms with van der Waals surface area (Å²) in [5.41, 5.74) is 7.90. The molecule has 158 valence electrons. The first-order chi connectivity index (χ1) is 14.9. The second-order valence-corrected chi connectivity index (χ2v) is 7.09. The summed E-state index contributed by atoms with van der Waals surface area (Å²) in [5, 5.41) is 4.91. The van der Waals surface area contributed by atoms with Gasteiger partial charge in [-0.15, -0.1) is 0 Å². The number of hydrogen-bond acceptors (Lipinski definition) is 5. The number of nitrogens with one attached hydrogen (secondary N) is 1. The molecule has 0 aliphatic rings. The number of para-hydroxylation sites is 1. The van der Waals surface area contributed by atoms with E-state index in [1.807, 2.05) is 36.4 Å². The SMILES string of the molecule is CCn1c2ccccc2c2cc(NC(=O)C(C)OC(=O)c3coc(C(N)=O)c3)ccc21. The van der Waals surface area contributed by atoms with Gasteiger partial charge in [-0.3, -0.25) is 9.59 Å². The number of esters is 1. The van der Waals surface area contributed by atoms with Gasteiger partial charge in [-0.05, 0) is 38.1 Å². The highest BCUT2D eigenvalue weighted by atomic mass is 16.5. The van der Waals surface area contributed by atoms with Crippen molar-refractivity contribution < 1.29 is 23.5 Å². The number of amides is 2. The average Bonchev–Trinajstić information content (AvgIpc) is 3.37.